The summed E-state index contributed by atoms with van der Waals surface area (Å²) in [5.74, 6) is -0.387. The first kappa shape index (κ1) is 26.8. The molecule has 0 aliphatic heterocycles. The number of methoxy groups -OCH3 is 1. The van der Waals surface area contributed by atoms with E-state index in [1.165, 1.54) is 6.08 Å². The molecule has 0 radical (unpaired) electrons. The van der Waals surface area contributed by atoms with Crippen molar-refractivity contribution in [3.05, 3.63) is 143 Å². The standard InChI is InChI=1S/C33H28N2O4/c1-23-8-6-7-9-25(23)16-21-31(36)26-14-17-28(18-15-26)34-33(38)30(22-24-12-19-29(39-2)20-13-24)35-32(37)27-10-4-3-5-11-27/h3-22H,1-2H3,(H,34,38)(H,35,37)/b21-16+,30-22-. The lowest BCUT2D eigenvalue weighted by Gasteiger charge is -2.12. The van der Waals surface area contributed by atoms with Crippen LogP contribution < -0.4 is 15.4 Å². The molecule has 0 aromatic heterocycles. The van der Waals surface area contributed by atoms with Gasteiger partial charge in [-0.15, -0.1) is 0 Å². The Kier molecular flexibility index (Phi) is 8.83. The monoisotopic (exact) mass is 516 g/mol. The summed E-state index contributed by atoms with van der Waals surface area (Å²) in [6, 6.07) is 30.2. The number of allylic oxidation sites excluding steroid dienone is 1. The lowest BCUT2D eigenvalue weighted by atomic mass is 10.1. The molecule has 194 valence electrons. The van der Waals surface area contributed by atoms with Crippen molar-refractivity contribution in [2.45, 2.75) is 6.92 Å². The van der Waals surface area contributed by atoms with Crippen LogP contribution in [0.4, 0.5) is 5.69 Å². The van der Waals surface area contributed by atoms with Gasteiger partial charge in [-0.3, -0.25) is 14.4 Å². The maximum absolute atomic E-state index is 13.2. The Morgan fingerprint density at radius 1 is 0.744 bits per heavy atom. The van der Waals surface area contributed by atoms with Crippen LogP contribution in [0.25, 0.3) is 12.2 Å². The summed E-state index contributed by atoms with van der Waals surface area (Å²) in [5, 5.41) is 5.51. The van der Waals surface area contributed by atoms with Crippen molar-refractivity contribution in [1.29, 1.82) is 0 Å². The second-order valence-corrected chi connectivity index (χ2v) is 8.74. The number of anilines is 1. The number of carbonyl (C=O) groups excluding carboxylic acids is 3. The summed E-state index contributed by atoms with van der Waals surface area (Å²) in [7, 11) is 1.57. The number of rotatable bonds is 9. The number of ketones is 1. The maximum Gasteiger partial charge on any atom is 0.272 e. The average molecular weight is 517 g/mol. The van der Waals surface area contributed by atoms with E-state index in [1.807, 2.05) is 37.3 Å². The second-order valence-electron chi connectivity index (χ2n) is 8.74. The van der Waals surface area contributed by atoms with Gasteiger partial charge in [-0.05, 0) is 84.3 Å². The van der Waals surface area contributed by atoms with Gasteiger partial charge >= 0.3 is 0 Å². The quantitative estimate of drug-likeness (QED) is 0.202. The molecule has 0 aliphatic carbocycles. The van der Waals surface area contributed by atoms with E-state index in [2.05, 4.69) is 10.6 Å². The average Bonchev–Trinajstić information content (AvgIpc) is 2.97. The van der Waals surface area contributed by atoms with Crippen LogP contribution in [-0.4, -0.2) is 24.7 Å². The molecule has 0 saturated heterocycles. The minimum absolute atomic E-state index is 0.0651. The Balaban J connectivity index is 1.50. The van der Waals surface area contributed by atoms with Gasteiger partial charge in [-0.25, -0.2) is 0 Å². The lowest BCUT2D eigenvalue weighted by molar-refractivity contribution is -0.113. The van der Waals surface area contributed by atoms with Gasteiger partial charge in [0.15, 0.2) is 5.78 Å². The Bertz CT molecular complexity index is 1520. The molecule has 39 heavy (non-hydrogen) atoms. The summed E-state index contributed by atoms with van der Waals surface area (Å²) in [5.41, 5.74) is 4.22. The zero-order valence-corrected chi connectivity index (χ0v) is 21.7. The molecule has 6 heteroatoms. The third-order valence-corrected chi connectivity index (χ3v) is 5.99. The summed E-state index contributed by atoms with van der Waals surface area (Å²) in [6.45, 7) is 1.99. The van der Waals surface area contributed by atoms with Crippen molar-refractivity contribution >= 4 is 35.4 Å². The number of hydrogen-bond donors (Lipinski definition) is 2. The number of amides is 2. The van der Waals surface area contributed by atoms with E-state index >= 15 is 0 Å². The Morgan fingerprint density at radius 2 is 1.41 bits per heavy atom. The number of ether oxygens (including phenoxy) is 1. The van der Waals surface area contributed by atoms with E-state index in [4.69, 9.17) is 4.74 Å². The van der Waals surface area contributed by atoms with E-state index in [1.54, 1.807) is 92.1 Å². The number of benzene rings is 4. The predicted octanol–water partition coefficient (Wildman–Crippen LogP) is 6.31. The van der Waals surface area contributed by atoms with Gasteiger partial charge in [0, 0.05) is 16.8 Å². The van der Waals surface area contributed by atoms with Gasteiger partial charge in [0.2, 0.25) is 0 Å². The van der Waals surface area contributed by atoms with E-state index in [9.17, 15) is 14.4 Å². The highest BCUT2D eigenvalue weighted by Gasteiger charge is 2.15. The highest BCUT2D eigenvalue weighted by molar-refractivity contribution is 6.11. The molecule has 4 aromatic rings. The molecular formula is C33H28N2O4. The number of hydrogen-bond acceptors (Lipinski definition) is 4. The van der Waals surface area contributed by atoms with Crippen LogP contribution in [0.3, 0.4) is 0 Å². The molecule has 4 aromatic carbocycles. The Morgan fingerprint density at radius 3 is 2.08 bits per heavy atom. The zero-order valence-electron chi connectivity index (χ0n) is 21.7. The molecule has 0 fully saturated rings. The van der Waals surface area contributed by atoms with Crippen LogP contribution >= 0.6 is 0 Å². The van der Waals surface area contributed by atoms with Gasteiger partial charge in [0.1, 0.15) is 11.4 Å². The normalized spacial score (nSPS) is 11.2. The summed E-state index contributed by atoms with van der Waals surface area (Å²) < 4.78 is 5.19. The van der Waals surface area contributed by atoms with Crippen molar-refractivity contribution in [1.82, 2.24) is 5.32 Å². The number of carbonyl (C=O) groups is 3. The molecule has 4 rings (SSSR count). The Hall–Kier alpha value is -5.23. The first-order chi connectivity index (χ1) is 18.9. The highest BCUT2D eigenvalue weighted by Crippen LogP contribution is 2.17. The van der Waals surface area contributed by atoms with E-state index in [0.717, 1.165) is 11.1 Å². The van der Waals surface area contributed by atoms with Gasteiger partial charge in [-0.1, -0.05) is 60.7 Å². The van der Waals surface area contributed by atoms with Gasteiger partial charge in [-0.2, -0.15) is 0 Å². The summed E-state index contributed by atoms with van der Waals surface area (Å²) >= 11 is 0. The van der Waals surface area contributed by atoms with Crippen molar-refractivity contribution in [3.8, 4) is 5.75 Å². The molecular weight excluding hydrogens is 488 g/mol. The van der Waals surface area contributed by atoms with Crippen LogP contribution in [0, 0.1) is 6.92 Å². The molecule has 2 amide bonds. The predicted molar refractivity (Wildman–Crippen MR) is 154 cm³/mol. The third-order valence-electron chi connectivity index (χ3n) is 5.99. The summed E-state index contributed by atoms with van der Waals surface area (Å²) in [6.07, 6.45) is 4.91. The fourth-order valence-corrected chi connectivity index (χ4v) is 3.76. The van der Waals surface area contributed by atoms with Crippen LogP contribution in [0.15, 0.2) is 115 Å². The molecule has 0 unspecified atom stereocenters. The Labute approximate surface area is 227 Å². The number of aryl methyl sites for hydroxylation is 1. The van der Waals surface area contributed by atoms with Crippen LogP contribution in [0.5, 0.6) is 5.75 Å². The molecule has 0 saturated carbocycles. The molecule has 0 spiro atoms. The minimum atomic E-state index is -0.506. The lowest BCUT2D eigenvalue weighted by Crippen LogP contribution is -2.30. The summed E-state index contributed by atoms with van der Waals surface area (Å²) in [4.78, 5) is 38.7. The van der Waals surface area contributed by atoms with Gasteiger partial charge in [0.05, 0.1) is 7.11 Å². The second kappa shape index (κ2) is 12.8. The van der Waals surface area contributed by atoms with Crippen LogP contribution in [-0.2, 0) is 4.79 Å². The fraction of sp³-hybridized carbons (Fsp3) is 0.0606. The molecule has 0 bridgehead atoms. The zero-order chi connectivity index (χ0) is 27.6. The fourth-order valence-electron chi connectivity index (χ4n) is 3.76. The molecule has 2 N–H and O–H groups in total. The van der Waals surface area contributed by atoms with Crippen molar-refractivity contribution in [2.24, 2.45) is 0 Å². The maximum atomic E-state index is 13.2. The smallest absolute Gasteiger partial charge is 0.272 e. The van der Waals surface area contributed by atoms with Crippen molar-refractivity contribution in [3.63, 3.8) is 0 Å². The van der Waals surface area contributed by atoms with Gasteiger partial charge < -0.3 is 15.4 Å². The minimum Gasteiger partial charge on any atom is -0.497 e. The van der Waals surface area contributed by atoms with Gasteiger partial charge in [0.25, 0.3) is 11.8 Å². The van der Waals surface area contributed by atoms with E-state index in [-0.39, 0.29) is 11.5 Å². The van der Waals surface area contributed by atoms with E-state index < -0.39 is 11.8 Å². The van der Waals surface area contributed by atoms with E-state index in [0.29, 0.717) is 28.1 Å². The topological polar surface area (TPSA) is 84.5 Å². The third kappa shape index (κ3) is 7.40. The van der Waals surface area contributed by atoms with Crippen molar-refractivity contribution < 1.29 is 19.1 Å². The highest BCUT2D eigenvalue weighted by atomic mass is 16.5. The first-order valence-corrected chi connectivity index (χ1v) is 12.3. The SMILES string of the molecule is COc1ccc(/C=C(\NC(=O)c2ccccc2)C(=O)Nc2ccc(C(=O)/C=C/c3ccccc3C)cc2)cc1. The number of nitrogens with one attached hydrogen (secondary N) is 2. The molecule has 0 aliphatic rings. The van der Waals surface area contributed by atoms with Crippen LogP contribution in [0.1, 0.15) is 37.4 Å². The van der Waals surface area contributed by atoms with Crippen LogP contribution in [0.2, 0.25) is 0 Å². The largest absolute Gasteiger partial charge is 0.497 e. The molecule has 0 atom stereocenters. The molecule has 6 nitrogen and oxygen atoms in total. The van der Waals surface area contributed by atoms with Crippen molar-refractivity contribution in [2.75, 3.05) is 12.4 Å². The first-order valence-electron chi connectivity index (χ1n) is 12.3. The molecule has 0 heterocycles.